The van der Waals surface area contributed by atoms with Crippen molar-refractivity contribution in [2.45, 2.75) is 31.2 Å². The monoisotopic (exact) mass is 296 g/mol. The summed E-state index contributed by atoms with van der Waals surface area (Å²) in [5.74, 6) is -0.153. The molecule has 2 rings (SSSR count). The molecule has 8 heteroatoms. The first-order chi connectivity index (χ1) is 9.39. The largest absolute Gasteiger partial charge is 0.415 e. The third-order valence-electron chi connectivity index (χ3n) is 3.76. The smallest absolute Gasteiger partial charge is 0.382 e. The van der Waals surface area contributed by atoms with Gasteiger partial charge in [0.15, 0.2) is 6.10 Å². The number of likely N-dealkylation sites (tertiary alicyclic amines) is 1. The minimum atomic E-state index is -4.64. The lowest BCUT2D eigenvalue weighted by Crippen LogP contribution is -2.52. The highest BCUT2D eigenvalue weighted by molar-refractivity contribution is 5.82. The van der Waals surface area contributed by atoms with Crippen LogP contribution in [0, 0.1) is 0 Å². The molecule has 0 bridgehead atoms. The average Bonchev–Trinajstić information content (AvgIpc) is 2.86. The van der Waals surface area contributed by atoms with E-state index in [2.05, 4.69) is 0 Å². The molecule has 2 heterocycles. The summed E-state index contributed by atoms with van der Waals surface area (Å²) in [7, 11) is 0. The van der Waals surface area contributed by atoms with E-state index in [1.54, 1.807) is 4.90 Å². The molecule has 0 unspecified atom stereocenters. The van der Waals surface area contributed by atoms with E-state index in [0.29, 0.717) is 45.7 Å². The molecule has 1 amide bonds. The number of hydrogen-bond acceptors (Lipinski definition) is 4. The van der Waals surface area contributed by atoms with Gasteiger partial charge in [-0.25, -0.2) is 0 Å². The van der Waals surface area contributed by atoms with Crippen LogP contribution in [0.1, 0.15) is 12.8 Å². The Hall–Kier alpha value is -0.860. The van der Waals surface area contributed by atoms with Crippen LogP contribution in [0.2, 0.25) is 0 Å². The number of ether oxygens (including phenoxy) is 1. The van der Waals surface area contributed by atoms with E-state index in [0.717, 1.165) is 0 Å². The molecule has 2 aliphatic rings. The summed E-state index contributed by atoms with van der Waals surface area (Å²) in [4.78, 5) is 15.4. The Kier molecular flexibility index (Phi) is 4.87. The molecule has 1 N–H and O–H groups in total. The fourth-order valence-corrected chi connectivity index (χ4v) is 2.64. The van der Waals surface area contributed by atoms with E-state index in [1.165, 1.54) is 4.90 Å². The van der Waals surface area contributed by atoms with Crippen LogP contribution in [-0.4, -0.2) is 78.5 Å². The topological polar surface area (TPSA) is 53.0 Å². The molecular weight excluding hydrogens is 277 g/mol. The quantitative estimate of drug-likeness (QED) is 0.810. The molecule has 116 valence electrons. The van der Waals surface area contributed by atoms with Crippen LogP contribution in [0.15, 0.2) is 0 Å². The standard InChI is InChI=1S/C12H19F3N2O3/c13-12(14,15)10(18)8-17-3-1-2-9(17)11(19)16-4-6-20-7-5-16/h9-10,18H,1-8H2/t9-,10-/m1/s1. The number of β-amino-alcohol motifs (C(OH)–C–C–N with tert-alkyl or cyclic N) is 1. The second kappa shape index (κ2) is 6.28. The Morgan fingerprint density at radius 1 is 1.30 bits per heavy atom. The Balaban J connectivity index is 1.94. The van der Waals surface area contributed by atoms with Gasteiger partial charge in [-0.2, -0.15) is 13.2 Å². The van der Waals surface area contributed by atoms with Gasteiger partial charge in [0, 0.05) is 19.6 Å². The number of aliphatic hydroxyl groups is 1. The zero-order chi connectivity index (χ0) is 14.8. The normalized spacial score (nSPS) is 26.8. The molecule has 20 heavy (non-hydrogen) atoms. The van der Waals surface area contributed by atoms with Crippen molar-refractivity contribution < 1.29 is 27.8 Å². The molecule has 2 atom stereocenters. The summed E-state index contributed by atoms with van der Waals surface area (Å²) in [5.41, 5.74) is 0. The highest BCUT2D eigenvalue weighted by atomic mass is 19.4. The number of alkyl halides is 3. The van der Waals surface area contributed by atoms with E-state index < -0.39 is 24.9 Å². The minimum absolute atomic E-state index is 0.153. The highest BCUT2D eigenvalue weighted by Gasteiger charge is 2.42. The van der Waals surface area contributed by atoms with Crippen LogP contribution in [-0.2, 0) is 9.53 Å². The fraction of sp³-hybridized carbons (Fsp3) is 0.917. The maximum absolute atomic E-state index is 12.4. The Labute approximate surface area is 115 Å². The first-order valence-corrected chi connectivity index (χ1v) is 6.75. The van der Waals surface area contributed by atoms with Crippen LogP contribution in [0.5, 0.6) is 0 Å². The summed E-state index contributed by atoms with van der Waals surface area (Å²) in [5, 5.41) is 9.14. The molecule has 5 nitrogen and oxygen atoms in total. The molecule has 2 saturated heterocycles. The lowest BCUT2D eigenvalue weighted by Gasteiger charge is -2.33. The van der Waals surface area contributed by atoms with Gasteiger partial charge in [0.05, 0.1) is 19.3 Å². The number of carbonyl (C=O) groups is 1. The van der Waals surface area contributed by atoms with Crippen molar-refractivity contribution in [1.82, 2.24) is 9.80 Å². The van der Waals surface area contributed by atoms with Gasteiger partial charge in [-0.1, -0.05) is 0 Å². The van der Waals surface area contributed by atoms with Crippen molar-refractivity contribution in [3.63, 3.8) is 0 Å². The van der Waals surface area contributed by atoms with Crippen LogP contribution in [0.25, 0.3) is 0 Å². The van der Waals surface area contributed by atoms with Crippen molar-refractivity contribution in [3.05, 3.63) is 0 Å². The molecule has 0 aromatic carbocycles. The lowest BCUT2D eigenvalue weighted by atomic mass is 10.1. The number of amides is 1. The summed E-state index contributed by atoms with van der Waals surface area (Å²) in [6, 6.07) is -0.551. The third kappa shape index (κ3) is 3.62. The van der Waals surface area contributed by atoms with Gasteiger partial charge in [-0.05, 0) is 19.4 Å². The minimum Gasteiger partial charge on any atom is -0.382 e. The highest BCUT2D eigenvalue weighted by Crippen LogP contribution is 2.25. The van der Waals surface area contributed by atoms with E-state index >= 15 is 0 Å². The van der Waals surface area contributed by atoms with Crippen molar-refractivity contribution >= 4 is 5.91 Å². The molecular formula is C12H19F3N2O3. The second-order valence-corrected chi connectivity index (χ2v) is 5.15. The molecule has 0 aliphatic carbocycles. The van der Waals surface area contributed by atoms with Gasteiger partial charge >= 0.3 is 6.18 Å². The van der Waals surface area contributed by atoms with Gasteiger partial charge in [-0.3, -0.25) is 9.69 Å². The summed E-state index contributed by atoms with van der Waals surface area (Å²) >= 11 is 0. The summed E-state index contributed by atoms with van der Waals surface area (Å²) in [6.07, 6.45) is -5.83. The molecule has 0 aromatic rings. The van der Waals surface area contributed by atoms with Crippen molar-refractivity contribution in [3.8, 4) is 0 Å². The van der Waals surface area contributed by atoms with Crippen molar-refractivity contribution in [1.29, 1.82) is 0 Å². The Bertz CT molecular complexity index is 345. The van der Waals surface area contributed by atoms with Crippen LogP contribution < -0.4 is 0 Å². The maximum atomic E-state index is 12.4. The summed E-state index contributed by atoms with van der Waals surface area (Å²) in [6.45, 7) is 1.75. The van der Waals surface area contributed by atoms with Crippen molar-refractivity contribution in [2.24, 2.45) is 0 Å². The van der Waals surface area contributed by atoms with Gasteiger partial charge in [0.1, 0.15) is 0 Å². The number of hydrogen-bond donors (Lipinski definition) is 1. The first-order valence-electron chi connectivity index (χ1n) is 6.75. The van der Waals surface area contributed by atoms with Gasteiger partial charge in [0.25, 0.3) is 0 Å². The zero-order valence-corrected chi connectivity index (χ0v) is 11.1. The molecule has 0 aromatic heterocycles. The number of carbonyl (C=O) groups excluding carboxylic acids is 1. The van der Waals surface area contributed by atoms with Gasteiger partial charge in [0.2, 0.25) is 5.91 Å². The summed E-state index contributed by atoms with van der Waals surface area (Å²) < 4.78 is 42.3. The Morgan fingerprint density at radius 2 is 1.95 bits per heavy atom. The average molecular weight is 296 g/mol. The van der Waals surface area contributed by atoms with E-state index in [9.17, 15) is 18.0 Å². The molecule has 0 saturated carbocycles. The van der Waals surface area contributed by atoms with Gasteiger partial charge < -0.3 is 14.7 Å². The van der Waals surface area contributed by atoms with Crippen molar-refractivity contribution in [2.75, 3.05) is 39.4 Å². The van der Waals surface area contributed by atoms with Gasteiger partial charge in [-0.15, -0.1) is 0 Å². The maximum Gasteiger partial charge on any atom is 0.415 e. The van der Waals surface area contributed by atoms with Crippen LogP contribution >= 0.6 is 0 Å². The van der Waals surface area contributed by atoms with E-state index in [-0.39, 0.29) is 5.91 Å². The third-order valence-corrected chi connectivity index (χ3v) is 3.76. The molecule has 2 fully saturated rings. The lowest BCUT2D eigenvalue weighted by molar-refractivity contribution is -0.209. The number of morpholine rings is 1. The zero-order valence-electron chi connectivity index (χ0n) is 11.1. The SMILES string of the molecule is O=C([C@H]1CCCN1C[C@@H](O)C(F)(F)F)N1CCOCC1. The second-order valence-electron chi connectivity index (χ2n) is 5.15. The number of rotatable bonds is 3. The number of halogens is 3. The molecule has 0 radical (unpaired) electrons. The first kappa shape index (κ1) is 15.5. The fourth-order valence-electron chi connectivity index (χ4n) is 2.64. The van der Waals surface area contributed by atoms with E-state index in [4.69, 9.17) is 9.84 Å². The number of nitrogens with zero attached hydrogens (tertiary/aromatic N) is 2. The predicted octanol–water partition coefficient (Wildman–Crippen LogP) is 0.233. The van der Waals surface area contributed by atoms with E-state index in [1.807, 2.05) is 0 Å². The molecule has 0 spiro atoms. The molecule has 2 aliphatic heterocycles. The van der Waals surface area contributed by atoms with Crippen LogP contribution in [0.3, 0.4) is 0 Å². The Morgan fingerprint density at radius 3 is 2.55 bits per heavy atom. The predicted molar refractivity (Wildman–Crippen MR) is 64.1 cm³/mol. The van der Waals surface area contributed by atoms with Crippen LogP contribution in [0.4, 0.5) is 13.2 Å². The number of aliphatic hydroxyl groups excluding tert-OH is 1.